The lowest BCUT2D eigenvalue weighted by Gasteiger charge is -2.35. The van der Waals surface area contributed by atoms with Gasteiger partial charge in [-0.05, 0) is 42.5 Å². The van der Waals surface area contributed by atoms with Crippen LogP contribution in [0.25, 0.3) is 0 Å². The van der Waals surface area contributed by atoms with Crippen molar-refractivity contribution in [1.29, 1.82) is 0 Å². The van der Waals surface area contributed by atoms with Crippen LogP contribution in [0.4, 0.5) is 4.79 Å². The summed E-state index contributed by atoms with van der Waals surface area (Å²) in [5, 5.41) is 3.56. The average Bonchev–Trinajstić information content (AvgIpc) is 3.26. The second-order valence-corrected chi connectivity index (χ2v) is 10.2. The summed E-state index contributed by atoms with van der Waals surface area (Å²) in [6, 6.07) is 15.3. The van der Waals surface area contributed by atoms with Crippen LogP contribution in [0, 0.1) is 0 Å². The summed E-state index contributed by atoms with van der Waals surface area (Å²) in [5.41, 5.74) is 2.87. The van der Waals surface area contributed by atoms with Gasteiger partial charge >= 0.3 is 6.03 Å². The first-order chi connectivity index (χ1) is 18.0. The van der Waals surface area contributed by atoms with Crippen LogP contribution in [0.15, 0.2) is 78.5 Å². The van der Waals surface area contributed by atoms with Crippen LogP contribution in [0.1, 0.15) is 36.4 Å². The van der Waals surface area contributed by atoms with Crippen LogP contribution in [-0.2, 0) is 16.0 Å². The highest BCUT2D eigenvalue weighted by molar-refractivity contribution is 6.30. The Hall–Kier alpha value is -3.58. The predicted octanol–water partition coefficient (Wildman–Crippen LogP) is 4.31. The van der Waals surface area contributed by atoms with Crippen LogP contribution in [0.3, 0.4) is 0 Å². The Balaban J connectivity index is 1.52. The molecule has 5 rings (SSSR count). The molecule has 1 fully saturated rings. The highest BCUT2D eigenvalue weighted by Gasteiger charge is 2.47. The van der Waals surface area contributed by atoms with E-state index in [1.807, 2.05) is 47.4 Å². The standard InChI is InChI=1S/C29H31ClN4O3/c1-2-15-33-24-19-34(28(36)25(24)26(31-29(33)37)21-11-13-22(30)14-12-21)23(18-20-9-5-3-6-10-20)27(35)32-16-7-4-8-17-32/h2-3,5-6,9-14,23,26H,1,4,7-8,15-19H2,(H,31,37)/t23-,26+/m0/s1. The van der Waals surface area contributed by atoms with Crippen LogP contribution < -0.4 is 5.32 Å². The minimum Gasteiger partial charge on any atom is -0.341 e. The van der Waals surface area contributed by atoms with Crippen molar-refractivity contribution in [3.05, 3.63) is 94.7 Å². The number of carbonyl (C=O) groups is 3. The number of amides is 4. The molecule has 1 saturated heterocycles. The highest BCUT2D eigenvalue weighted by atomic mass is 35.5. The summed E-state index contributed by atoms with van der Waals surface area (Å²) in [6.45, 7) is 5.66. The Morgan fingerprint density at radius 3 is 2.43 bits per heavy atom. The van der Waals surface area contributed by atoms with Gasteiger partial charge in [0.1, 0.15) is 6.04 Å². The van der Waals surface area contributed by atoms with Crippen molar-refractivity contribution in [3.8, 4) is 0 Å². The van der Waals surface area contributed by atoms with E-state index in [0.717, 1.165) is 30.4 Å². The molecule has 4 amide bonds. The van der Waals surface area contributed by atoms with Crippen LogP contribution in [0.2, 0.25) is 5.02 Å². The molecule has 0 unspecified atom stereocenters. The third-order valence-electron chi connectivity index (χ3n) is 7.37. The number of piperidine rings is 1. The molecule has 7 nitrogen and oxygen atoms in total. The van der Waals surface area contributed by atoms with Gasteiger partial charge < -0.3 is 15.1 Å². The van der Waals surface area contributed by atoms with Crippen molar-refractivity contribution in [2.24, 2.45) is 0 Å². The van der Waals surface area contributed by atoms with Gasteiger partial charge in [-0.1, -0.05) is 60.1 Å². The van der Waals surface area contributed by atoms with E-state index in [0.29, 0.717) is 35.8 Å². The zero-order valence-corrected chi connectivity index (χ0v) is 21.5. The van der Waals surface area contributed by atoms with Gasteiger partial charge in [-0.15, -0.1) is 6.58 Å². The van der Waals surface area contributed by atoms with E-state index < -0.39 is 12.1 Å². The zero-order valence-electron chi connectivity index (χ0n) is 20.7. The van der Waals surface area contributed by atoms with E-state index in [1.165, 1.54) is 0 Å². The Bertz CT molecular complexity index is 1220. The van der Waals surface area contributed by atoms with Gasteiger partial charge in [-0.2, -0.15) is 0 Å². The summed E-state index contributed by atoms with van der Waals surface area (Å²) in [7, 11) is 0. The van der Waals surface area contributed by atoms with Gasteiger partial charge in [0, 0.05) is 31.1 Å². The largest absolute Gasteiger partial charge is 0.341 e. The van der Waals surface area contributed by atoms with Gasteiger partial charge in [-0.3, -0.25) is 14.5 Å². The first kappa shape index (κ1) is 25.1. The monoisotopic (exact) mass is 518 g/mol. The summed E-state index contributed by atoms with van der Waals surface area (Å²) in [6.07, 6.45) is 5.10. The summed E-state index contributed by atoms with van der Waals surface area (Å²) in [5.74, 6) is -0.260. The molecule has 3 aliphatic heterocycles. The van der Waals surface area contributed by atoms with Gasteiger partial charge in [-0.25, -0.2) is 4.79 Å². The second-order valence-electron chi connectivity index (χ2n) is 9.72. The average molecular weight is 519 g/mol. The molecule has 0 bridgehead atoms. The Kier molecular flexibility index (Phi) is 7.33. The molecule has 2 aromatic rings. The van der Waals surface area contributed by atoms with E-state index in [-0.39, 0.29) is 30.9 Å². The van der Waals surface area contributed by atoms with Gasteiger partial charge in [0.15, 0.2) is 0 Å². The molecule has 0 aromatic heterocycles. The number of carbonyl (C=O) groups excluding carboxylic acids is 3. The molecule has 0 aliphatic carbocycles. The van der Waals surface area contributed by atoms with E-state index in [1.54, 1.807) is 28.0 Å². The van der Waals surface area contributed by atoms with E-state index in [2.05, 4.69) is 11.9 Å². The van der Waals surface area contributed by atoms with Crippen molar-refractivity contribution in [1.82, 2.24) is 20.0 Å². The third-order valence-corrected chi connectivity index (χ3v) is 7.62. The molecule has 37 heavy (non-hydrogen) atoms. The molecule has 8 heteroatoms. The van der Waals surface area contributed by atoms with Crippen molar-refractivity contribution < 1.29 is 14.4 Å². The summed E-state index contributed by atoms with van der Waals surface area (Å²) in [4.78, 5) is 46.3. The molecule has 2 aromatic carbocycles. The maximum Gasteiger partial charge on any atom is 0.322 e. The van der Waals surface area contributed by atoms with Crippen molar-refractivity contribution in [2.45, 2.75) is 37.8 Å². The SMILES string of the molecule is C=CCN1C(=O)N[C@H](c2ccc(Cl)cc2)C2=C1CN([C@@H](Cc1ccccc1)C(=O)N1CCCCC1)C2=O. The topological polar surface area (TPSA) is 73.0 Å². The number of nitrogens with zero attached hydrogens (tertiary/aromatic N) is 3. The second kappa shape index (κ2) is 10.8. The van der Waals surface area contributed by atoms with Crippen LogP contribution in [0.5, 0.6) is 0 Å². The van der Waals surface area contributed by atoms with Crippen LogP contribution >= 0.6 is 11.6 Å². The first-order valence-corrected chi connectivity index (χ1v) is 13.2. The fraction of sp³-hybridized carbons (Fsp3) is 0.345. The van der Waals surface area contributed by atoms with E-state index >= 15 is 0 Å². The number of nitrogens with one attached hydrogen (secondary N) is 1. The Labute approximate surface area is 222 Å². The molecule has 2 atom stereocenters. The molecular formula is C29H31ClN4O3. The Morgan fingerprint density at radius 1 is 1.05 bits per heavy atom. The minimum atomic E-state index is -0.662. The molecule has 0 spiro atoms. The minimum absolute atomic E-state index is 0.0330. The molecule has 0 saturated carbocycles. The Morgan fingerprint density at radius 2 is 1.76 bits per heavy atom. The number of likely N-dealkylation sites (tertiary alicyclic amines) is 1. The van der Waals surface area contributed by atoms with Crippen molar-refractivity contribution in [2.75, 3.05) is 26.2 Å². The quantitative estimate of drug-likeness (QED) is 0.555. The fourth-order valence-corrected chi connectivity index (χ4v) is 5.61. The zero-order chi connectivity index (χ0) is 25.9. The number of benzene rings is 2. The molecule has 3 heterocycles. The number of halogens is 1. The van der Waals surface area contributed by atoms with Crippen molar-refractivity contribution in [3.63, 3.8) is 0 Å². The van der Waals surface area contributed by atoms with Crippen LogP contribution in [-0.4, -0.2) is 64.8 Å². The first-order valence-electron chi connectivity index (χ1n) is 12.8. The van der Waals surface area contributed by atoms with Crippen molar-refractivity contribution >= 4 is 29.4 Å². The predicted molar refractivity (Wildman–Crippen MR) is 143 cm³/mol. The molecule has 1 N–H and O–H groups in total. The lowest BCUT2D eigenvalue weighted by atomic mass is 9.95. The maximum absolute atomic E-state index is 14.1. The van der Waals surface area contributed by atoms with E-state index in [9.17, 15) is 14.4 Å². The van der Waals surface area contributed by atoms with E-state index in [4.69, 9.17) is 11.6 Å². The lowest BCUT2D eigenvalue weighted by Crippen LogP contribution is -2.52. The number of hydrogen-bond acceptors (Lipinski definition) is 3. The highest BCUT2D eigenvalue weighted by Crippen LogP contribution is 2.38. The van der Waals surface area contributed by atoms with Gasteiger partial charge in [0.25, 0.3) is 5.91 Å². The fourth-order valence-electron chi connectivity index (χ4n) is 5.49. The maximum atomic E-state index is 14.1. The number of hydrogen-bond donors (Lipinski definition) is 1. The molecular weight excluding hydrogens is 488 g/mol. The summed E-state index contributed by atoms with van der Waals surface area (Å²) >= 11 is 6.10. The smallest absolute Gasteiger partial charge is 0.322 e. The number of urea groups is 1. The van der Waals surface area contributed by atoms with Gasteiger partial charge in [0.2, 0.25) is 5.91 Å². The molecule has 0 radical (unpaired) electrons. The molecule has 192 valence electrons. The summed E-state index contributed by atoms with van der Waals surface area (Å²) < 4.78 is 0. The lowest BCUT2D eigenvalue weighted by molar-refractivity contribution is -0.143. The number of rotatable bonds is 7. The molecule has 3 aliphatic rings. The normalized spacial score (nSPS) is 20.6. The van der Waals surface area contributed by atoms with Gasteiger partial charge in [0.05, 0.1) is 23.9 Å². The third kappa shape index (κ3) is 5.01.